The summed E-state index contributed by atoms with van der Waals surface area (Å²) in [6.45, 7) is 8.49. The molecule has 3 aromatic carbocycles. The van der Waals surface area contributed by atoms with E-state index in [9.17, 15) is 9.59 Å². The number of fused-ring (bicyclic) bond motifs is 1. The van der Waals surface area contributed by atoms with Crippen LogP contribution in [0.15, 0.2) is 85.1 Å². The second-order valence-electron chi connectivity index (χ2n) is 11.5. The Morgan fingerprint density at radius 3 is 2.36 bits per heavy atom. The summed E-state index contributed by atoms with van der Waals surface area (Å²) in [4.78, 5) is 29.4. The molecule has 5 rings (SSSR count). The molecule has 10 nitrogen and oxygen atoms in total. The maximum atomic E-state index is 13.3. The number of nitrogens with one attached hydrogen (secondary N) is 3. The van der Waals surface area contributed by atoms with Crippen molar-refractivity contribution in [2.45, 2.75) is 39.7 Å². The molecule has 0 unspecified atom stereocenters. The van der Waals surface area contributed by atoms with Crippen molar-refractivity contribution in [2.75, 3.05) is 29.7 Å². The average molecular weight is 593 g/mol. The summed E-state index contributed by atoms with van der Waals surface area (Å²) in [5.74, 6) is 1.35. The van der Waals surface area contributed by atoms with Crippen LogP contribution >= 0.6 is 0 Å². The van der Waals surface area contributed by atoms with Crippen molar-refractivity contribution in [1.82, 2.24) is 14.8 Å². The second-order valence-corrected chi connectivity index (χ2v) is 11.5. The number of pyridine rings is 1. The standard InChI is InChI=1S/C34H36N6O4/c1-22-10-12-24(13-11-22)40-31(19-29(39-40)34(2,3)4)38-33(42)36-27-14-15-28(26-9-7-6-8-25(26)27)44-20-23-16-17-35-30(18-23)37-32(41)21-43-5/h6-19H,20-21H2,1-5H3,(H,35,37,41)(H2,36,38,42). The van der Waals surface area contributed by atoms with E-state index >= 15 is 0 Å². The van der Waals surface area contributed by atoms with E-state index in [-0.39, 0.29) is 24.5 Å². The fourth-order valence-corrected chi connectivity index (χ4v) is 4.60. The molecule has 3 amide bonds. The van der Waals surface area contributed by atoms with Gasteiger partial charge < -0.3 is 20.1 Å². The lowest BCUT2D eigenvalue weighted by molar-refractivity contribution is -0.119. The number of amides is 3. The predicted molar refractivity (Wildman–Crippen MR) is 173 cm³/mol. The van der Waals surface area contributed by atoms with Gasteiger partial charge in [-0.15, -0.1) is 0 Å². The average Bonchev–Trinajstić information content (AvgIpc) is 3.42. The molecule has 2 aromatic heterocycles. The number of urea groups is 1. The quantitative estimate of drug-likeness (QED) is 0.173. The van der Waals surface area contributed by atoms with Crippen LogP contribution in [0.2, 0.25) is 0 Å². The third-order valence-corrected chi connectivity index (χ3v) is 6.89. The van der Waals surface area contributed by atoms with Crippen LogP contribution in [0.25, 0.3) is 16.5 Å². The molecule has 0 aliphatic carbocycles. The number of aryl methyl sites for hydroxylation is 1. The van der Waals surface area contributed by atoms with Gasteiger partial charge in [0, 0.05) is 35.6 Å². The van der Waals surface area contributed by atoms with Gasteiger partial charge in [0.05, 0.1) is 17.1 Å². The number of aromatic nitrogens is 3. The van der Waals surface area contributed by atoms with Gasteiger partial charge in [0.25, 0.3) is 5.91 Å². The third-order valence-electron chi connectivity index (χ3n) is 6.89. The Labute approximate surface area is 256 Å². The van der Waals surface area contributed by atoms with Gasteiger partial charge in [0.1, 0.15) is 30.6 Å². The molecular weight excluding hydrogens is 556 g/mol. The van der Waals surface area contributed by atoms with Gasteiger partial charge in [-0.1, -0.05) is 62.7 Å². The number of hydrogen-bond donors (Lipinski definition) is 3. The largest absolute Gasteiger partial charge is 0.488 e. The molecular formula is C34H36N6O4. The molecule has 3 N–H and O–H groups in total. The SMILES string of the molecule is COCC(=O)Nc1cc(COc2ccc(NC(=O)Nc3cc(C(C)(C)C)nn3-c3ccc(C)cc3)c3ccccc23)ccn1. The number of anilines is 3. The number of methoxy groups -OCH3 is 1. The number of carbonyl (C=O) groups is 2. The van der Waals surface area contributed by atoms with Crippen molar-refractivity contribution in [3.63, 3.8) is 0 Å². The van der Waals surface area contributed by atoms with Gasteiger partial charge in [-0.05, 0) is 48.9 Å². The lowest BCUT2D eigenvalue weighted by atomic mass is 9.92. The lowest BCUT2D eigenvalue weighted by Crippen LogP contribution is -2.21. The lowest BCUT2D eigenvalue weighted by Gasteiger charge is -2.15. The molecule has 0 radical (unpaired) electrons. The molecule has 0 spiro atoms. The summed E-state index contributed by atoms with van der Waals surface area (Å²) < 4.78 is 12.8. The van der Waals surface area contributed by atoms with Crippen molar-refractivity contribution in [3.8, 4) is 11.4 Å². The Morgan fingerprint density at radius 2 is 1.64 bits per heavy atom. The highest BCUT2D eigenvalue weighted by Crippen LogP contribution is 2.33. The Hall–Kier alpha value is -5.22. The summed E-state index contributed by atoms with van der Waals surface area (Å²) in [5, 5.41) is 15.2. The first kappa shape index (κ1) is 30.2. The minimum Gasteiger partial charge on any atom is -0.488 e. The van der Waals surface area contributed by atoms with E-state index in [1.165, 1.54) is 7.11 Å². The molecule has 0 aliphatic heterocycles. The fraction of sp³-hybridized carbons (Fsp3) is 0.235. The number of ether oxygens (including phenoxy) is 2. The molecule has 0 saturated carbocycles. The second kappa shape index (κ2) is 13.0. The van der Waals surface area contributed by atoms with E-state index in [0.717, 1.165) is 33.3 Å². The summed E-state index contributed by atoms with van der Waals surface area (Å²) in [7, 11) is 1.46. The zero-order chi connectivity index (χ0) is 31.3. The molecule has 10 heteroatoms. The molecule has 0 aliphatic rings. The molecule has 0 atom stereocenters. The topological polar surface area (TPSA) is 119 Å². The zero-order valence-electron chi connectivity index (χ0n) is 25.5. The van der Waals surface area contributed by atoms with Crippen LogP contribution in [0.1, 0.15) is 37.6 Å². The van der Waals surface area contributed by atoms with Crippen molar-refractivity contribution in [2.24, 2.45) is 0 Å². The van der Waals surface area contributed by atoms with E-state index in [1.807, 2.05) is 79.7 Å². The first-order chi connectivity index (χ1) is 21.1. The number of nitrogens with zero attached hydrogens (tertiary/aromatic N) is 3. The maximum absolute atomic E-state index is 13.3. The van der Waals surface area contributed by atoms with Crippen LogP contribution < -0.4 is 20.7 Å². The Balaban J connectivity index is 1.33. The van der Waals surface area contributed by atoms with E-state index in [0.29, 0.717) is 23.1 Å². The van der Waals surface area contributed by atoms with E-state index in [2.05, 4.69) is 41.7 Å². The molecule has 2 heterocycles. The number of carbonyl (C=O) groups excluding carboxylic acids is 2. The Bertz CT molecular complexity index is 1790. The van der Waals surface area contributed by atoms with Gasteiger partial charge in [0.15, 0.2) is 0 Å². The van der Waals surface area contributed by atoms with Gasteiger partial charge in [-0.3, -0.25) is 10.1 Å². The van der Waals surface area contributed by atoms with Crippen molar-refractivity contribution in [3.05, 3.63) is 102 Å². The third kappa shape index (κ3) is 7.22. The number of rotatable bonds is 9. The van der Waals surface area contributed by atoms with Gasteiger partial charge >= 0.3 is 6.03 Å². The van der Waals surface area contributed by atoms with Crippen LogP contribution in [0.3, 0.4) is 0 Å². The molecule has 0 bridgehead atoms. The van der Waals surface area contributed by atoms with E-state index in [4.69, 9.17) is 14.6 Å². The van der Waals surface area contributed by atoms with Crippen molar-refractivity contribution >= 4 is 40.0 Å². The van der Waals surface area contributed by atoms with Crippen LogP contribution in [0, 0.1) is 6.92 Å². The Kier molecular flexibility index (Phi) is 8.91. The highest BCUT2D eigenvalue weighted by molar-refractivity contribution is 6.07. The summed E-state index contributed by atoms with van der Waals surface area (Å²) in [6, 6.07) is 24.4. The number of benzene rings is 3. The van der Waals surface area contributed by atoms with Crippen LogP contribution in [0.4, 0.5) is 22.1 Å². The Morgan fingerprint density at radius 1 is 0.886 bits per heavy atom. The molecule has 226 valence electrons. The first-order valence-electron chi connectivity index (χ1n) is 14.2. The van der Waals surface area contributed by atoms with E-state index in [1.54, 1.807) is 16.9 Å². The summed E-state index contributed by atoms with van der Waals surface area (Å²) in [6.07, 6.45) is 1.61. The highest BCUT2D eigenvalue weighted by atomic mass is 16.5. The summed E-state index contributed by atoms with van der Waals surface area (Å²) >= 11 is 0. The van der Waals surface area contributed by atoms with Crippen LogP contribution in [0.5, 0.6) is 5.75 Å². The molecule has 5 aromatic rings. The van der Waals surface area contributed by atoms with Crippen molar-refractivity contribution in [1.29, 1.82) is 0 Å². The maximum Gasteiger partial charge on any atom is 0.324 e. The minimum atomic E-state index is -0.391. The molecule has 0 fully saturated rings. The van der Waals surface area contributed by atoms with Crippen LogP contribution in [-0.2, 0) is 21.6 Å². The van der Waals surface area contributed by atoms with E-state index < -0.39 is 6.03 Å². The molecule has 44 heavy (non-hydrogen) atoms. The minimum absolute atomic E-state index is 0.0544. The zero-order valence-corrected chi connectivity index (χ0v) is 25.5. The fourth-order valence-electron chi connectivity index (χ4n) is 4.60. The first-order valence-corrected chi connectivity index (χ1v) is 14.2. The number of hydrogen-bond acceptors (Lipinski definition) is 6. The highest BCUT2D eigenvalue weighted by Gasteiger charge is 2.22. The van der Waals surface area contributed by atoms with Gasteiger partial charge in [-0.2, -0.15) is 5.10 Å². The monoisotopic (exact) mass is 592 g/mol. The van der Waals surface area contributed by atoms with Gasteiger partial charge in [-0.25, -0.2) is 14.5 Å². The molecule has 0 saturated heterocycles. The van der Waals surface area contributed by atoms with Gasteiger partial charge in [0.2, 0.25) is 0 Å². The van der Waals surface area contributed by atoms with Crippen LogP contribution in [-0.4, -0.2) is 40.4 Å². The predicted octanol–water partition coefficient (Wildman–Crippen LogP) is 6.83. The van der Waals surface area contributed by atoms with Crippen molar-refractivity contribution < 1.29 is 19.1 Å². The summed E-state index contributed by atoms with van der Waals surface area (Å²) in [5.41, 5.74) is 4.12. The smallest absolute Gasteiger partial charge is 0.324 e. The normalized spacial score (nSPS) is 11.3.